The lowest BCUT2D eigenvalue weighted by Gasteiger charge is -2.38. The minimum Gasteiger partial charge on any atom is -0.497 e. The van der Waals surface area contributed by atoms with Gasteiger partial charge in [-0.05, 0) is 43.9 Å². The van der Waals surface area contributed by atoms with Gasteiger partial charge in [0.2, 0.25) is 0 Å². The topological polar surface area (TPSA) is 50.5 Å². The second kappa shape index (κ2) is 7.07. The van der Waals surface area contributed by atoms with Gasteiger partial charge in [-0.3, -0.25) is 0 Å². The average Bonchev–Trinajstić information content (AvgIpc) is 2.49. The molecule has 1 saturated heterocycles. The molecule has 112 valence electrons. The SMILES string of the molecule is COc1ccc(CC(C)(CN)NN2CCCCC2)cc1. The lowest BCUT2D eigenvalue weighted by molar-refractivity contribution is 0.0910. The summed E-state index contributed by atoms with van der Waals surface area (Å²) in [4.78, 5) is 0. The normalized spacial score (nSPS) is 19.6. The van der Waals surface area contributed by atoms with Crippen LogP contribution in [-0.4, -0.2) is 37.3 Å². The number of hydrogen-bond acceptors (Lipinski definition) is 4. The fourth-order valence-corrected chi connectivity index (χ4v) is 2.74. The smallest absolute Gasteiger partial charge is 0.118 e. The van der Waals surface area contributed by atoms with Crippen LogP contribution in [0.5, 0.6) is 5.75 Å². The number of rotatable bonds is 6. The van der Waals surface area contributed by atoms with Crippen molar-refractivity contribution in [3.05, 3.63) is 29.8 Å². The Hall–Kier alpha value is -1.10. The summed E-state index contributed by atoms with van der Waals surface area (Å²) in [5, 5.41) is 2.33. The predicted molar refractivity (Wildman–Crippen MR) is 82.7 cm³/mol. The highest BCUT2D eigenvalue weighted by atomic mass is 16.5. The van der Waals surface area contributed by atoms with Crippen molar-refractivity contribution < 1.29 is 4.74 Å². The van der Waals surface area contributed by atoms with E-state index in [4.69, 9.17) is 10.5 Å². The lowest BCUT2D eigenvalue weighted by Crippen LogP contribution is -2.58. The third-order valence-electron chi connectivity index (χ3n) is 3.99. The van der Waals surface area contributed by atoms with Crippen LogP contribution in [0.4, 0.5) is 0 Å². The van der Waals surface area contributed by atoms with Crippen LogP contribution in [0.3, 0.4) is 0 Å². The lowest BCUT2D eigenvalue weighted by atomic mass is 9.93. The highest BCUT2D eigenvalue weighted by Gasteiger charge is 2.26. The molecule has 1 unspecified atom stereocenters. The molecule has 0 saturated carbocycles. The Morgan fingerprint density at radius 3 is 2.40 bits per heavy atom. The van der Waals surface area contributed by atoms with Gasteiger partial charge in [0.15, 0.2) is 0 Å². The van der Waals surface area contributed by atoms with Crippen LogP contribution in [0, 0.1) is 0 Å². The van der Waals surface area contributed by atoms with Crippen molar-refractivity contribution in [2.45, 2.75) is 38.1 Å². The first-order valence-corrected chi connectivity index (χ1v) is 7.51. The first-order chi connectivity index (χ1) is 9.65. The Labute approximate surface area is 122 Å². The van der Waals surface area contributed by atoms with Gasteiger partial charge < -0.3 is 10.5 Å². The van der Waals surface area contributed by atoms with Crippen molar-refractivity contribution in [3.63, 3.8) is 0 Å². The van der Waals surface area contributed by atoms with Crippen molar-refractivity contribution in [1.29, 1.82) is 0 Å². The molecule has 2 rings (SSSR count). The second-order valence-corrected chi connectivity index (χ2v) is 5.95. The molecular formula is C16H27N3O. The summed E-state index contributed by atoms with van der Waals surface area (Å²) in [6, 6.07) is 8.25. The predicted octanol–water partition coefficient (Wildman–Crippen LogP) is 1.95. The number of piperidine rings is 1. The molecule has 3 N–H and O–H groups in total. The van der Waals surface area contributed by atoms with E-state index in [1.54, 1.807) is 7.11 Å². The van der Waals surface area contributed by atoms with Crippen LogP contribution in [-0.2, 0) is 6.42 Å². The van der Waals surface area contributed by atoms with E-state index in [9.17, 15) is 0 Å². The molecule has 1 aliphatic rings. The number of methoxy groups -OCH3 is 1. The van der Waals surface area contributed by atoms with E-state index in [2.05, 4.69) is 29.5 Å². The number of benzene rings is 1. The maximum Gasteiger partial charge on any atom is 0.118 e. The van der Waals surface area contributed by atoms with Crippen LogP contribution >= 0.6 is 0 Å². The van der Waals surface area contributed by atoms with Gasteiger partial charge in [-0.25, -0.2) is 10.4 Å². The van der Waals surface area contributed by atoms with E-state index >= 15 is 0 Å². The number of nitrogens with one attached hydrogen (secondary N) is 1. The maximum absolute atomic E-state index is 6.01. The quantitative estimate of drug-likeness (QED) is 0.834. The zero-order chi connectivity index (χ0) is 14.4. The molecule has 0 spiro atoms. The van der Waals surface area contributed by atoms with Crippen molar-refractivity contribution in [2.24, 2.45) is 5.73 Å². The summed E-state index contributed by atoms with van der Waals surface area (Å²) < 4.78 is 5.20. The van der Waals surface area contributed by atoms with Crippen LogP contribution in [0.2, 0.25) is 0 Å². The number of ether oxygens (including phenoxy) is 1. The van der Waals surface area contributed by atoms with Gasteiger partial charge in [0.05, 0.1) is 7.11 Å². The zero-order valence-corrected chi connectivity index (χ0v) is 12.7. The summed E-state index contributed by atoms with van der Waals surface area (Å²) in [7, 11) is 1.69. The molecule has 0 aromatic heterocycles. The fourth-order valence-electron chi connectivity index (χ4n) is 2.74. The first kappa shape index (κ1) is 15.3. The summed E-state index contributed by atoms with van der Waals surface area (Å²) in [6.45, 7) is 5.07. The highest BCUT2D eigenvalue weighted by molar-refractivity contribution is 5.28. The fraction of sp³-hybridized carbons (Fsp3) is 0.625. The number of nitrogens with zero attached hydrogens (tertiary/aromatic N) is 1. The van der Waals surface area contributed by atoms with Crippen LogP contribution < -0.4 is 15.9 Å². The van der Waals surface area contributed by atoms with Crippen molar-refractivity contribution >= 4 is 0 Å². The van der Waals surface area contributed by atoms with E-state index < -0.39 is 0 Å². The van der Waals surface area contributed by atoms with Gasteiger partial charge in [0.25, 0.3) is 0 Å². The molecule has 0 aliphatic carbocycles. The summed E-state index contributed by atoms with van der Waals surface area (Å²) in [5.41, 5.74) is 10.8. The molecule has 4 heteroatoms. The molecule has 1 fully saturated rings. The maximum atomic E-state index is 6.01. The number of nitrogens with two attached hydrogens (primary N) is 1. The molecule has 0 radical (unpaired) electrons. The molecule has 1 aromatic carbocycles. The molecular weight excluding hydrogens is 250 g/mol. The van der Waals surface area contributed by atoms with Gasteiger partial charge in [0.1, 0.15) is 5.75 Å². The Bertz CT molecular complexity index is 401. The van der Waals surface area contributed by atoms with E-state index in [1.165, 1.54) is 24.8 Å². The van der Waals surface area contributed by atoms with Gasteiger partial charge >= 0.3 is 0 Å². The zero-order valence-electron chi connectivity index (χ0n) is 12.7. The third-order valence-corrected chi connectivity index (χ3v) is 3.99. The first-order valence-electron chi connectivity index (χ1n) is 7.51. The standard InChI is InChI=1S/C16H27N3O/c1-16(13-17,18-19-10-4-3-5-11-19)12-14-6-8-15(20-2)9-7-14/h6-9,18H,3-5,10-13,17H2,1-2H3. The molecule has 1 atom stereocenters. The molecule has 0 bridgehead atoms. The Morgan fingerprint density at radius 1 is 1.20 bits per heavy atom. The Kier molecular flexibility index (Phi) is 5.40. The van der Waals surface area contributed by atoms with E-state index in [1.807, 2.05) is 12.1 Å². The van der Waals surface area contributed by atoms with Gasteiger partial charge in [0, 0.05) is 25.2 Å². The largest absolute Gasteiger partial charge is 0.497 e. The summed E-state index contributed by atoms with van der Waals surface area (Å²) >= 11 is 0. The van der Waals surface area contributed by atoms with Crippen molar-refractivity contribution in [1.82, 2.24) is 10.4 Å². The highest BCUT2D eigenvalue weighted by Crippen LogP contribution is 2.18. The minimum absolute atomic E-state index is 0.0913. The monoisotopic (exact) mass is 277 g/mol. The van der Waals surface area contributed by atoms with E-state index in [0.29, 0.717) is 6.54 Å². The van der Waals surface area contributed by atoms with Crippen molar-refractivity contribution in [2.75, 3.05) is 26.7 Å². The summed E-state index contributed by atoms with van der Waals surface area (Å²) in [6.07, 6.45) is 4.81. The molecule has 0 amide bonds. The molecule has 20 heavy (non-hydrogen) atoms. The van der Waals surface area contributed by atoms with Crippen LogP contribution in [0.1, 0.15) is 31.7 Å². The molecule has 1 aromatic rings. The third kappa shape index (κ3) is 4.20. The van der Waals surface area contributed by atoms with E-state index in [-0.39, 0.29) is 5.54 Å². The van der Waals surface area contributed by atoms with Crippen molar-refractivity contribution in [3.8, 4) is 5.75 Å². The van der Waals surface area contributed by atoms with E-state index in [0.717, 1.165) is 25.3 Å². The molecule has 1 aliphatic heterocycles. The van der Waals surface area contributed by atoms with Crippen LogP contribution in [0.15, 0.2) is 24.3 Å². The Morgan fingerprint density at radius 2 is 1.85 bits per heavy atom. The Balaban J connectivity index is 1.97. The number of hydrogen-bond donors (Lipinski definition) is 2. The number of hydrazine groups is 1. The van der Waals surface area contributed by atoms with Gasteiger partial charge in [-0.15, -0.1) is 0 Å². The minimum atomic E-state index is -0.0913. The molecule has 4 nitrogen and oxygen atoms in total. The second-order valence-electron chi connectivity index (χ2n) is 5.95. The average molecular weight is 277 g/mol. The van der Waals surface area contributed by atoms with Gasteiger partial charge in [-0.2, -0.15) is 0 Å². The summed E-state index contributed by atoms with van der Waals surface area (Å²) in [5.74, 6) is 0.896. The van der Waals surface area contributed by atoms with Gasteiger partial charge in [-0.1, -0.05) is 18.6 Å². The molecule has 1 heterocycles. The van der Waals surface area contributed by atoms with Crippen LogP contribution in [0.25, 0.3) is 0 Å².